The summed E-state index contributed by atoms with van der Waals surface area (Å²) in [6.07, 6.45) is 0.653. The Morgan fingerprint density at radius 1 is 1.00 bits per heavy atom. The number of piperidine rings is 1. The molecule has 2 fully saturated rings. The molecular weight excluding hydrogens is 509 g/mol. The van der Waals surface area contributed by atoms with Gasteiger partial charge in [-0.3, -0.25) is 9.59 Å². The molecule has 40 heavy (non-hydrogen) atoms. The number of hydrogen-bond acceptors (Lipinski definition) is 5. The number of amides is 2. The second-order valence-electron chi connectivity index (χ2n) is 10.7. The average Bonchev–Trinajstić information content (AvgIpc) is 3.58. The van der Waals surface area contributed by atoms with Crippen LogP contribution in [-0.2, 0) is 11.3 Å². The van der Waals surface area contributed by atoms with Gasteiger partial charge in [-0.2, -0.15) is 0 Å². The zero-order valence-electron chi connectivity index (χ0n) is 21.9. The first kappa shape index (κ1) is 26.0. The molecule has 8 heteroatoms. The Kier molecular flexibility index (Phi) is 6.94. The van der Waals surface area contributed by atoms with Crippen molar-refractivity contribution in [3.63, 3.8) is 0 Å². The lowest BCUT2D eigenvalue weighted by Gasteiger charge is -2.37. The van der Waals surface area contributed by atoms with Crippen molar-refractivity contribution in [2.75, 3.05) is 13.1 Å². The summed E-state index contributed by atoms with van der Waals surface area (Å²) in [4.78, 5) is 30.7. The molecule has 2 aliphatic heterocycles. The van der Waals surface area contributed by atoms with Gasteiger partial charge < -0.3 is 19.4 Å². The predicted molar refractivity (Wildman–Crippen MR) is 146 cm³/mol. The van der Waals surface area contributed by atoms with Gasteiger partial charge in [-0.15, -0.1) is 0 Å². The number of aliphatic hydroxyl groups is 1. The minimum absolute atomic E-state index is 0.0185. The van der Waals surface area contributed by atoms with Crippen LogP contribution in [0.5, 0.6) is 0 Å². The highest BCUT2D eigenvalue weighted by Gasteiger charge is 2.54. The third kappa shape index (κ3) is 4.79. The number of benzene rings is 3. The van der Waals surface area contributed by atoms with Gasteiger partial charge in [-0.05, 0) is 42.5 Å². The minimum atomic E-state index is -0.820. The average molecular weight is 540 g/mol. The molecule has 0 aliphatic carbocycles. The van der Waals surface area contributed by atoms with Crippen LogP contribution in [0.15, 0.2) is 95.5 Å². The van der Waals surface area contributed by atoms with E-state index >= 15 is 0 Å². The third-order valence-electron chi connectivity index (χ3n) is 8.29. The van der Waals surface area contributed by atoms with E-state index in [-0.39, 0.29) is 34.9 Å². The van der Waals surface area contributed by atoms with Crippen LogP contribution in [0, 0.1) is 11.2 Å². The van der Waals surface area contributed by atoms with E-state index in [9.17, 15) is 19.1 Å². The predicted octanol–water partition coefficient (Wildman–Crippen LogP) is 5.24. The molecule has 2 saturated heterocycles. The maximum absolute atomic E-state index is 14.2. The van der Waals surface area contributed by atoms with Crippen LogP contribution in [0.4, 0.5) is 4.39 Å². The standard InChI is InChI=1S/C32H30FN3O4/c33-25-14-8-7-13-24(25)26-19-28(40-34-26)30(38)35-17-15-32(16-18-35)20-27(29(37)23-11-5-2-6-12-23)36(31(32)39)21-22-9-3-1-4-10-22/h1-14,19,27,29,37H,15-18,20-21H2/t27-,29+/m0/s1. The van der Waals surface area contributed by atoms with E-state index in [2.05, 4.69) is 5.16 Å². The first-order valence-corrected chi connectivity index (χ1v) is 13.5. The van der Waals surface area contributed by atoms with E-state index in [1.807, 2.05) is 65.6 Å². The third-order valence-corrected chi connectivity index (χ3v) is 8.29. The van der Waals surface area contributed by atoms with Crippen LogP contribution in [0.25, 0.3) is 11.3 Å². The molecule has 0 unspecified atom stereocenters. The summed E-state index contributed by atoms with van der Waals surface area (Å²) in [7, 11) is 0. The van der Waals surface area contributed by atoms with Gasteiger partial charge in [0, 0.05) is 31.3 Å². The fourth-order valence-electron chi connectivity index (χ4n) is 6.06. The van der Waals surface area contributed by atoms with E-state index in [1.54, 1.807) is 23.1 Å². The first-order chi connectivity index (χ1) is 19.4. The summed E-state index contributed by atoms with van der Waals surface area (Å²) < 4.78 is 19.5. The maximum atomic E-state index is 14.2. The molecule has 204 valence electrons. The van der Waals surface area contributed by atoms with Gasteiger partial charge in [-0.25, -0.2) is 4.39 Å². The van der Waals surface area contributed by atoms with Gasteiger partial charge in [0.25, 0.3) is 5.91 Å². The fraction of sp³-hybridized carbons (Fsp3) is 0.281. The molecule has 2 atom stereocenters. The van der Waals surface area contributed by atoms with E-state index in [0.29, 0.717) is 38.9 Å². The summed E-state index contributed by atoms with van der Waals surface area (Å²) in [5.41, 5.74) is 1.64. The number of carbonyl (C=O) groups is 2. The summed E-state index contributed by atoms with van der Waals surface area (Å²) in [5, 5.41) is 15.3. The van der Waals surface area contributed by atoms with Gasteiger partial charge in [-0.1, -0.05) is 78.0 Å². The van der Waals surface area contributed by atoms with Gasteiger partial charge in [0.1, 0.15) is 11.5 Å². The normalized spacial score (nSPS) is 19.2. The molecule has 0 bridgehead atoms. The van der Waals surface area contributed by atoms with Gasteiger partial charge in [0.15, 0.2) is 0 Å². The smallest absolute Gasteiger partial charge is 0.292 e. The largest absolute Gasteiger partial charge is 0.386 e. The second kappa shape index (κ2) is 10.7. The van der Waals surface area contributed by atoms with Crippen molar-refractivity contribution in [1.82, 2.24) is 15.0 Å². The van der Waals surface area contributed by atoms with Crippen molar-refractivity contribution in [3.05, 3.63) is 114 Å². The number of hydrogen-bond donors (Lipinski definition) is 1. The van der Waals surface area contributed by atoms with Crippen molar-refractivity contribution in [2.24, 2.45) is 5.41 Å². The van der Waals surface area contributed by atoms with E-state index in [4.69, 9.17) is 4.52 Å². The number of nitrogens with zero attached hydrogens (tertiary/aromatic N) is 3. The molecule has 0 radical (unpaired) electrons. The number of carbonyl (C=O) groups excluding carboxylic acids is 2. The van der Waals surface area contributed by atoms with Crippen LogP contribution in [0.2, 0.25) is 0 Å². The summed E-state index contributed by atoms with van der Waals surface area (Å²) in [5.74, 6) is -0.723. The first-order valence-electron chi connectivity index (χ1n) is 13.5. The molecule has 1 aromatic heterocycles. The highest BCUT2D eigenvalue weighted by Crippen LogP contribution is 2.48. The number of aliphatic hydroxyl groups excluding tert-OH is 1. The van der Waals surface area contributed by atoms with Crippen molar-refractivity contribution >= 4 is 11.8 Å². The second-order valence-corrected chi connectivity index (χ2v) is 10.7. The van der Waals surface area contributed by atoms with Gasteiger partial charge in [0.2, 0.25) is 11.7 Å². The van der Waals surface area contributed by atoms with E-state index in [1.165, 1.54) is 12.1 Å². The zero-order chi connectivity index (χ0) is 27.7. The number of aromatic nitrogens is 1. The fourth-order valence-corrected chi connectivity index (χ4v) is 6.06. The minimum Gasteiger partial charge on any atom is -0.386 e. The molecule has 6 rings (SSSR count). The monoisotopic (exact) mass is 539 g/mol. The molecule has 3 aromatic carbocycles. The Labute approximate surface area is 231 Å². The molecule has 3 heterocycles. The van der Waals surface area contributed by atoms with Gasteiger partial charge in [0.05, 0.1) is 17.6 Å². The molecule has 4 aromatic rings. The van der Waals surface area contributed by atoms with Crippen molar-refractivity contribution < 1.29 is 23.6 Å². The molecule has 1 N–H and O–H groups in total. The lowest BCUT2D eigenvalue weighted by atomic mass is 9.75. The Bertz CT molecular complexity index is 1500. The molecule has 2 amide bonds. The molecule has 0 saturated carbocycles. The summed E-state index contributed by atoms with van der Waals surface area (Å²) in [6.45, 7) is 1.15. The highest BCUT2D eigenvalue weighted by atomic mass is 19.1. The van der Waals surface area contributed by atoms with Crippen LogP contribution in [0.3, 0.4) is 0 Å². The van der Waals surface area contributed by atoms with Crippen LogP contribution in [-0.4, -0.2) is 51.0 Å². The topological polar surface area (TPSA) is 86.9 Å². The highest BCUT2D eigenvalue weighted by molar-refractivity contribution is 5.93. The lowest BCUT2D eigenvalue weighted by molar-refractivity contribution is -0.140. The lowest BCUT2D eigenvalue weighted by Crippen LogP contribution is -2.46. The summed E-state index contributed by atoms with van der Waals surface area (Å²) in [6, 6.07) is 26.5. The number of likely N-dealkylation sites (tertiary alicyclic amines) is 2. The van der Waals surface area contributed by atoms with Crippen LogP contribution >= 0.6 is 0 Å². The van der Waals surface area contributed by atoms with Crippen molar-refractivity contribution in [1.29, 1.82) is 0 Å². The Morgan fingerprint density at radius 2 is 1.65 bits per heavy atom. The van der Waals surface area contributed by atoms with E-state index in [0.717, 1.165) is 11.1 Å². The van der Waals surface area contributed by atoms with E-state index < -0.39 is 17.3 Å². The zero-order valence-corrected chi connectivity index (χ0v) is 21.9. The van der Waals surface area contributed by atoms with Crippen molar-refractivity contribution in [3.8, 4) is 11.3 Å². The van der Waals surface area contributed by atoms with Crippen molar-refractivity contribution in [2.45, 2.75) is 38.0 Å². The SMILES string of the molecule is O=C(c1cc(-c2ccccc2F)no1)N1CCC2(CC1)C[C@@H]([C@H](O)c1ccccc1)N(Cc1ccccc1)C2=O. The molecule has 2 aliphatic rings. The summed E-state index contributed by atoms with van der Waals surface area (Å²) >= 11 is 0. The maximum Gasteiger partial charge on any atom is 0.292 e. The Morgan fingerprint density at radius 3 is 2.35 bits per heavy atom. The molecular formula is C32H30FN3O4. The van der Waals surface area contributed by atoms with Gasteiger partial charge >= 0.3 is 0 Å². The molecule has 7 nitrogen and oxygen atoms in total. The number of halogens is 1. The van der Waals surface area contributed by atoms with Crippen LogP contribution < -0.4 is 0 Å². The quantitative estimate of drug-likeness (QED) is 0.362. The van der Waals surface area contributed by atoms with Crippen LogP contribution in [0.1, 0.15) is 47.0 Å². The Balaban J connectivity index is 1.20. The Hall–Kier alpha value is -4.30. The molecule has 1 spiro atoms. The number of rotatable bonds is 6.